The third-order valence-electron chi connectivity index (χ3n) is 2.29. The molecule has 19 heavy (non-hydrogen) atoms. The van der Waals surface area contributed by atoms with E-state index in [1.54, 1.807) is 30.3 Å². The maximum absolute atomic E-state index is 11.2. The van der Waals surface area contributed by atoms with Gasteiger partial charge < -0.3 is 9.84 Å². The molecule has 0 aliphatic rings. The Balaban J connectivity index is 2.40. The van der Waals surface area contributed by atoms with Crippen LogP contribution >= 0.6 is 43.5 Å². The number of hydrogen-bond acceptors (Lipinski definition) is 2. The molecule has 3 nitrogen and oxygen atoms in total. The van der Waals surface area contributed by atoms with E-state index >= 15 is 0 Å². The summed E-state index contributed by atoms with van der Waals surface area (Å²) < 4.78 is 7.04. The van der Waals surface area contributed by atoms with Crippen LogP contribution < -0.4 is 4.74 Å². The molecular formula is C13H7Br2ClO3. The molecule has 2 rings (SSSR count). The van der Waals surface area contributed by atoms with E-state index in [0.717, 1.165) is 4.47 Å². The molecule has 0 atom stereocenters. The highest BCUT2D eigenvalue weighted by Gasteiger charge is 2.14. The Morgan fingerprint density at radius 3 is 2.21 bits per heavy atom. The monoisotopic (exact) mass is 404 g/mol. The largest absolute Gasteiger partial charge is 0.478 e. The van der Waals surface area contributed by atoms with E-state index in [2.05, 4.69) is 31.9 Å². The van der Waals surface area contributed by atoms with Gasteiger partial charge in [0.25, 0.3) is 0 Å². The zero-order valence-corrected chi connectivity index (χ0v) is 13.3. The van der Waals surface area contributed by atoms with Crippen LogP contribution in [0.1, 0.15) is 10.4 Å². The van der Waals surface area contributed by atoms with Gasteiger partial charge in [0.05, 0.1) is 5.02 Å². The van der Waals surface area contributed by atoms with Gasteiger partial charge in [-0.15, -0.1) is 0 Å². The van der Waals surface area contributed by atoms with E-state index < -0.39 is 5.97 Å². The molecule has 0 aliphatic heterocycles. The van der Waals surface area contributed by atoms with Gasteiger partial charge in [-0.2, -0.15) is 0 Å². The number of halogens is 3. The second-order valence-corrected chi connectivity index (χ2v) is 5.86. The Labute approximate surface area is 131 Å². The van der Waals surface area contributed by atoms with Crippen molar-refractivity contribution in [1.82, 2.24) is 0 Å². The van der Waals surface area contributed by atoms with E-state index in [9.17, 15) is 4.79 Å². The summed E-state index contributed by atoms with van der Waals surface area (Å²) in [7, 11) is 0. The van der Waals surface area contributed by atoms with Crippen LogP contribution in [0.3, 0.4) is 0 Å². The lowest BCUT2D eigenvalue weighted by Gasteiger charge is -2.10. The van der Waals surface area contributed by atoms with Crippen molar-refractivity contribution in [2.75, 3.05) is 0 Å². The van der Waals surface area contributed by atoms with Gasteiger partial charge in [-0.3, -0.25) is 0 Å². The van der Waals surface area contributed by atoms with Gasteiger partial charge in [0.2, 0.25) is 0 Å². The Bertz CT molecular complexity index is 644. The molecule has 0 saturated heterocycles. The number of carboxylic acid groups (broad SMARTS) is 1. The molecule has 2 aromatic rings. The summed E-state index contributed by atoms with van der Waals surface area (Å²) in [6.07, 6.45) is 0. The molecule has 0 unspecified atom stereocenters. The van der Waals surface area contributed by atoms with Crippen molar-refractivity contribution in [3.63, 3.8) is 0 Å². The molecule has 98 valence electrons. The van der Waals surface area contributed by atoms with Crippen LogP contribution in [-0.4, -0.2) is 11.1 Å². The molecule has 0 radical (unpaired) electrons. The Morgan fingerprint density at radius 2 is 1.63 bits per heavy atom. The fraction of sp³-hybridized carbons (Fsp3) is 0. The van der Waals surface area contributed by atoms with Gasteiger partial charge in [-0.25, -0.2) is 4.79 Å². The van der Waals surface area contributed by atoms with Crippen molar-refractivity contribution in [3.8, 4) is 11.5 Å². The summed E-state index contributed by atoms with van der Waals surface area (Å²) in [5.74, 6) is -0.431. The van der Waals surface area contributed by atoms with Gasteiger partial charge in [0.15, 0.2) is 0 Å². The molecule has 1 N–H and O–H groups in total. The van der Waals surface area contributed by atoms with Crippen molar-refractivity contribution in [2.45, 2.75) is 0 Å². The van der Waals surface area contributed by atoms with Gasteiger partial charge in [-0.1, -0.05) is 43.5 Å². The number of hydrogen-bond donors (Lipinski definition) is 1. The minimum Gasteiger partial charge on any atom is -0.478 e. The zero-order chi connectivity index (χ0) is 14.0. The Hall–Kier alpha value is -1.04. The molecule has 2 aromatic carbocycles. The molecule has 0 spiro atoms. The van der Waals surface area contributed by atoms with E-state index in [-0.39, 0.29) is 11.3 Å². The fourth-order valence-corrected chi connectivity index (χ4v) is 2.51. The van der Waals surface area contributed by atoms with Gasteiger partial charge in [0, 0.05) is 8.95 Å². The van der Waals surface area contributed by atoms with Crippen molar-refractivity contribution < 1.29 is 14.6 Å². The predicted octanol–water partition coefficient (Wildman–Crippen LogP) is 5.36. The molecule has 0 fully saturated rings. The highest BCUT2D eigenvalue weighted by Crippen LogP contribution is 2.34. The number of carbonyl (C=O) groups is 1. The van der Waals surface area contributed by atoms with Crippen molar-refractivity contribution >= 4 is 49.4 Å². The second-order valence-electron chi connectivity index (χ2n) is 3.62. The molecule has 0 aromatic heterocycles. The summed E-state index contributed by atoms with van der Waals surface area (Å²) >= 11 is 12.5. The predicted molar refractivity (Wildman–Crippen MR) is 80.3 cm³/mol. The summed E-state index contributed by atoms with van der Waals surface area (Å²) in [5, 5.41) is 9.54. The van der Waals surface area contributed by atoms with Gasteiger partial charge in [-0.05, 0) is 36.4 Å². The lowest BCUT2D eigenvalue weighted by molar-refractivity contribution is 0.0694. The molecule has 0 aliphatic carbocycles. The molecule has 0 amide bonds. The first-order chi connectivity index (χ1) is 8.97. The lowest BCUT2D eigenvalue weighted by Crippen LogP contribution is -2.00. The third-order valence-corrected chi connectivity index (χ3v) is 3.57. The number of ether oxygens (including phenoxy) is 1. The van der Waals surface area contributed by atoms with Crippen LogP contribution in [0, 0.1) is 0 Å². The Morgan fingerprint density at radius 1 is 1.05 bits per heavy atom. The quantitative estimate of drug-likeness (QED) is 0.747. The zero-order valence-electron chi connectivity index (χ0n) is 9.36. The number of benzene rings is 2. The first-order valence-electron chi connectivity index (χ1n) is 5.13. The summed E-state index contributed by atoms with van der Waals surface area (Å²) in [5.41, 5.74) is 0.0633. The minimum atomic E-state index is -1.07. The van der Waals surface area contributed by atoms with E-state index in [1.165, 1.54) is 6.07 Å². The number of carboxylic acids is 1. The van der Waals surface area contributed by atoms with Crippen LogP contribution in [0.2, 0.25) is 5.02 Å². The Kier molecular flexibility index (Phi) is 4.50. The maximum Gasteiger partial charge on any atom is 0.339 e. The first kappa shape index (κ1) is 14.4. The normalized spacial score (nSPS) is 10.3. The molecule has 0 heterocycles. The summed E-state index contributed by atoms with van der Waals surface area (Å²) in [4.78, 5) is 11.2. The summed E-state index contributed by atoms with van der Waals surface area (Å²) in [6.45, 7) is 0. The molecule has 0 bridgehead atoms. The average molecular weight is 406 g/mol. The van der Waals surface area contributed by atoms with Crippen molar-refractivity contribution in [3.05, 3.63) is 55.9 Å². The standard InChI is InChI=1S/C13H7Br2ClO3/c14-7-1-3-11(9(5-7)13(17)18)19-12-4-2-8(15)6-10(12)16/h1-6H,(H,17,18). The SMILES string of the molecule is O=C(O)c1cc(Br)ccc1Oc1ccc(Br)cc1Cl. The second kappa shape index (κ2) is 5.94. The van der Waals surface area contributed by atoms with Crippen LogP contribution in [0.4, 0.5) is 0 Å². The van der Waals surface area contributed by atoms with Crippen molar-refractivity contribution in [1.29, 1.82) is 0 Å². The summed E-state index contributed by atoms with van der Waals surface area (Å²) in [6, 6.07) is 9.86. The van der Waals surface area contributed by atoms with E-state index in [1.807, 2.05) is 0 Å². The van der Waals surface area contributed by atoms with Crippen LogP contribution in [0.25, 0.3) is 0 Å². The van der Waals surface area contributed by atoms with Crippen LogP contribution in [0.5, 0.6) is 11.5 Å². The van der Waals surface area contributed by atoms with E-state index in [0.29, 0.717) is 15.2 Å². The van der Waals surface area contributed by atoms with Crippen LogP contribution in [-0.2, 0) is 0 Å². The molecular weight excluding hydrogens is 399 g/mol. The minimum absolute atomic E-state index is 0.0633. The van der Waals surface area contributed by atoms with Gasteiger partial charge >= 0.3 is 5.97 Å². The van der Waals surface area contributed by atoms with Crippen molar-refractivity contribution in [2.24, 2.45) is 0 Å². The number of rotatable bonds is 3. The topological polar surface area (TPSA) is 46.5 Å². The third kappa shape index (κ3) is 3.49. The smallest absolute Gasteiger partial charge is 0.339 e. The van der Waals surface area contributed by atoms with Gasteiger partial charge in [0.1, 0.15) is 17.1 Å². The first-order valence-corrected chi connectivity index (χ1v) is 7.09. The maximum atomic E-state index is 11.2. The lowest BCUT2D eigenvalue weighted by atomic mass is 10.2. The average Bonchev–Trinajstić information content (AvgIpc) is 2.34. The fourth-order valence-electron chi connectivity index (χ4n) is 1.43. The van der Waals surface area contributed by atoms with E-state index in [4.69, 9.17) is 21.4 Å². The van der Waals surface area contributed by atoms with Crippen LogP contribution in [0.15, 0.2) is 45.3 Å². The molecule has 0 saturated carbocycles. The number of aromatic carboxylic acids is 1. The molecule has 6 heteroatoms. The highest BCUT2D eigenvalue weighted by atomic mass is 79.9. The highest BCUT2D eigenvalue weighted by molar-refractivity contribution is 9.10.